The summed E-state index contributed by atoms with van der Waals surface area (Å²) in [5.41, 5.74) is 7.61. The van der Waals surface area contributed by atoms with Gasteiger partial charge in [0.25, 0.3) is 0 Å². The Hall–Kier alpha value is -7.41. The monoisotopic (exact) mass is 745 g/mol. The second kappa shape index (κ2) is 13.7. The Bertz CT molecular complexity index is 3230. The van der Waals surface area contributed by atoms with Gasteiger partial charge >= 0.3 is 0 Å². The van der Waals surface area contributed by atoms with Crippen LogP contribution in [0.1, 0.15) is 0 Å². The molecule has 0 aliphatic heterocycles. The third-order valence-electron chi connectivity index (χ3n) is 10.5. The molecule has 57 heavy (non-hydrogen) atoms. The molecule has 0 atom stereocenters. The van der Waals surface area contributed by atoms with Crippen LogP contribution < -0.4 is 0 Å². The first-order valence-corrected chi connectivity index (χ1v) is 19.7. The second-order valence-corrected chi connectivity index (χ2v) is 15.1. The molecule has 0 aliphatic carbocycles. The first-order chi connectivity index (χ1) is 28.2. The molecular weight excluding hydrogens is 715 g/mol. The van der Waals surface area contributed by atoms with Crippen molar-refractivity contribution in [1.29, 1.82) is 0 Å². The van der Waals surface area contributed by atoms with Crippen molar-refractivity contribution in [2.24, 2.45) is 0 Å². The van der Waals surface area contributed by atoms with Crippen LogP contribution in [0.2, 0.25) is 0 Å². The summed E-state index contributed by atoms with van der Waals surface area (Å²) in [5.74, 6) is 2.43. The largest absolute Gasteiger partial charge is 0.227 e. The van der Waals surface area contributed by atoms with E-state index in [0.717, 1.165) is 60.2 Å². The zero-order valence-corrected chi connectivity index (χ0v) is 31.4. The van der Waals surface area contributed by atoms with E-state index in [1.165, 1.54) is 26.2 Å². The molecule has 0 fully saturated rings. The molecule has 3 heterocycles. The highest BCUT2D eigenvalue weighted by molar-refractivity contribution is 7.25. The number of nitrogens with zero attached hydrogens (tertiary/aromatic N) is 5. The number of hydrogen-bond acceptors (Lipinski definition) is 6. The van der Waals surface area contributed by atoms with Crippen molar-refractivity contribution in [3.63, 3.8) is 0 Å². The summed E-state index contributed by atoms with van der Waals surface area (Å²) in [4.78, 5) is 26.9. The minimum absolute atomic E-state index is 0.573. The molecule has 0 saturated heterocycles. The zero-order chi connectivity index (χ0) is 37.7. The molecule has 0 aliphatic rings. The van der Waals surface area contributed by atoms with Gasteiger partial charge in [-0.1, -0.05) is 158 Å². The Morgan fingerprint density at radius 2 is 0.807 bits per heavy atom. The smallest absolute Gasteiger partial charge is 0.164 e. The standard InChI is InChI=1S/C51H31N5S/c1-4-15-33(16-5-1)46-45-43-22-12-13-23-44(43)57-51(45)56-49(52-46)39-29-38(36-26-27-42-37(28-36)25-24-32-14-10-11-21-41(32)42)30-40(31-39)50-54-47(34-17-6-2-7-18-34)53-48(55-50)35-19-8-3-9-20-35/h1-31H. The van der Waals surface area contributed by atoms with E-state index in [1.807, 2.05) is 66.7 Å². The summed E-state index contributed by atoms with van der Waals surface area (Å²) in [5, 5.41) is 7.08. The lowest BCUT2D eigenvalue weighted by atomic mass is 9.95. The number of aromatic nitrogens is 5. The molecule has 0 unspecified atom stereocenters. The summed E-state index contributed by atoms with van der Waals surface area (Å²) in [6, 6.07) is 65.3. The van der Waals surface area contributed by atoms with Crippen LogP contribution in [0, 0.1) is 0 Å². The zero-order valence-electron chi connectivity index (χ0n) is 30.5. The van der Waals surface area contributed by atoms with Gasteiger partial charge in [0.05, 0.1) is 5.69 Å². The van der Waals surface area contributed by atoms with Crippen LogP contribution in [0.5, 0.6) is 0 Å². The molecule has 8 aromatic carbocycles. The van der Waals surface area contributed by atoms with Gasteiger partial charge in [-0.3, -0.25) is 0 Å². The number of fused-ring (bicyclic) bond motifs is 6. The molecule has 0 radical (unpaired) electrons. The van der Waals surface area contributed by atoms with Crippen LogP contribution in [0.15, 0.2) is 188 Å². The van der Waals surface area contributed by atoms with Gasteiger partial charge in [-0.25, -0.2) is 24.9 Å². The highest BCUT2D eigenvalue weighted by atomic mass is 32.1. The summed E-state index contributed by atoms with van der Waals surface area (Å²) in [6.45, 7) is 0. The summed E-state index contributed by atoms with van der Waals surface area (Å²) in [7, 11) is 0. The van der Waals surface area contributed by atoms with Crippen molar-refractivity contribution in [3.8, 4) is 67.9 Å². The molecule has 0 saturated carbocycles. The molecular formula is C51H31N5S. The van der Waals surface area contributed by atoms with E-state index in [2.05, 4.69) is 121 Å². The van der Waals surface area contributed by atoms with E-state index in [0.29, 0.717) is 23.3 Å². The molecule has 0 bridgehead atoms. The Kier molecular flexibility index (Phi) is 7.93. The maximum absolute atomic E-state index is 5.39. The van der Waals surface area contributed by atoms with Crippen molar-refractivity contribution in [1.82, 2.24) is 24.9 Å². The minimum Gasteiger partial charge on any atom is -0.227 e. The summed E-state index contributed by atoms with van der Waals surface area (Å²) in [6.07, 6.45) is 0. The predicted octanol–water partition coefficient (Wildman–Crippen LogP) is 13.3. The first-order valence-electron chi connectivity index (χ1n) is 18.9. The number of hydrogen-bond donors (Lipinski definition) is 0. The molecule has 11 aromatic rings. The fourth-order valence-corrected chi connectivity index (χ4v) is 8.82. The van der Waals surface area contributed by atoms with Crippen molar-refractivity contribution < 1.29 is 0 Å². The van der Waals surface area contributed by atoms with Crippen molar-refractivity contribution >= 4 is 53.2 Å². The molecule has 5 nitrogen and oxygen atoms in total. The summed E-state index contributed by atoms with van der Waals surface area (Å²) >= 11 is 1.70. The fraction of sp³-hybridized carbons (Fsp3) is 0. The van der Waals surface area contributed by atoms with Gasteiger partial charge in [-0.2, -0.15) is 0 Å². The highest BCUT2D eigenvalue weighted by Crippen LogP contribution is 2.41. The number of thiophene rings is 1. The number of benzene rings is 8. The molecule has 266 valence electrons. The molecule has 11 rings (SSSR count). The highest BCUT2D eigenvalue weighted by Gasteiger charge is 2.20. The van der Waals surface area contributed by atoms with Gasteiger partial charge in [0.1, 0.15) is 4.83 Å². The van der Waals surface area contributed by atoms with Crippen molar-refractivity contribution in [2.45, 2.75) is 0 Å². The molecule has 0 amide bonds. The third-order valence-corrected chi connectivity index (χ3v) is 11.6. The van der Waals surface area contributed by atoms with Crippen LogP contribution in [-0.2, 0) is 0 Å². The van der Waals surface area contributed by atoms with E-state index in [9.17, 15) is 0 Å². The van der Waals surface area contributed by atoms with Gasteiger partial charge in [-0.15, -0.1) is 11.3 Å². The Labute approximate surface area is 332 Å². The molecule has 0 N–H and O–H groups in total. The van der Waals surface area contributed by atoms with Gasteiger partial charge in [0.2, 0.25) is 0 Å². The topological polar surface area (TPSA) is 64.5 Å². The van der Waals surface area contributed by atoms with Crippen LogP contribution in [0.4, 0.5) is 0 Å². The quantitative estimate of drug-likeness (QED) is 0.159. The SMILES string of the molecule is c1ccc(-c2nc(-c3ccccc3)nc(-c3cc(-c4ccc5c(ccc6ccccc65)c4)cc(-c4nc(-c5ccccc5)c5c(n4)sc4ccccc45)c3)n2)cc1. The predicted molar refractivity (Wildman–Crippen MR) is 236 cm³/mol. The maximum atomic E-state index is 5.39. The Morgan fingerprint density at radius 3 is 1.49 bits per heavy atom. The normalized spacial score (nSPS) is 11.5. The van der Waals surface area contributed by atoms with Crippen molar-refractivity contribution in [3.05, 3.63) is 188 Å². The van der Waals surface area contributed by atoms with E-state index >= 15 is 0 Å². The van der Waals surface area contributed by atoms with Crippen LogP contribution in [0.25, 0.3) is 110 Å². The van der Waals surface area contributed by atoms with Gasteiger partial charge < -0.3 is 0 Å². The van der Waals surface area contributed by atoms with Crippen molar-refractivity contribution in [2.75, 3.05) is 0 Å². The van der Waals surface area contributed by atoms with E-state index in [4.69, 9.17) is 24.9 Å². The molecule has 0 spiro atoms. The lowest BCUT2D eigenvalue weighted by Gasteiger charge is -2.13. The van der Waals surface area contributed by atoms with Gasteiger partial charge in [0.15, 0.2) is 23.3 Å². The van der Waals surface area contributed by atoms with E-state index < -0.39 is 0 Å². The average Bonchev–Trinajstić information content (AvgIpc) is 3.68. The molecule has 3 aromatic heterocycles. The second-order valence-electron chi connectivity index (χ2n) is 14.1. The minimum atomic E-state index is 0.573. The van der Waals surface area contributed by atoms with Crippen LogP contribution in [-0.4, -0.2) is 24.9 Å². The van der Waals surface area contributed by atoms with Crippen LogP contribution in [0.3, 0.4) is 0 Å². The number of rotatable bonds is 6. The van der Waals surface area contributed by atoms with Gasteiger partial charge in [-0.05, 0) is 63.0 Å². The molecule has 6 heteroatoms. The Morgan fingerprint density at radius 1 is 0.298 bits per heavy atom. The third kappa shape index (κ3) is 6.00. The lowest BCUT2D eigenvalue weighted by molar-refractivity contribution is 1.07. The Balaban J connectivity index is 1.17. The summed E-state index contributed by atoms with van der Waals surface area (Å²) < 4.78 is 1.18. The van der Waals surface area contributed by atoms with E-state index in [1.54, 1.807) is 11.3 Å². The maximum Gasteiger partial charge on any atom is 0.164 e. The first kappa shape index (κ1) is 33.0. The fourth-order valence-electron chi connectivity index (χ4n) is 7.74. The van der Waals surface area contributed by atoms with Gasteiger partial charge in [0, 0.05) is 43.3 Å². The van der Waals surface area contributed by atoms with E-state index in [-0.39, 0.29) is 0 Å². The average molecular weight is 746 g/mol. The van der Waals surface area contributed by atoms with Crippen LogP contribution >= 0.6 is 11.3 Å². The lowest BCUT2D eigenvalue weighted by Crippen LogP contribution is -2.01.